The molecule has 2 N–H and O–H groups in total. The first kappa shape index (κ1) is 19.6. The molecule has 0 fully saturated rings. The second kappa shape index (κ2) is 7.61. The summed E-state index contributed by atoms with van der Waals surface area (Å²) in [4.78, 5) is 25.3. The fourth-order valence-corrected chi connectivity index (χ4v) is 5.11. The van der Waals surface area contributed by atoms with Crippen molar-refractivity contribution in [2.24, 2.45) is 0 Å². The van der Waals surface area contributed by atoms with Crippen LogP contribution in [0.4, 0.5) is 10.1 Å². The Hall–Kier alpha value is -2.71. The SMILES string of the molecule is COc1ccc(-c2c(C(=O)O)sc3c2NC(=O)C[C@H]3c2ccc(F)c(Br)c2)cc1. The van der Waals surface area contributed by atoms with Crippen molar-refractivity contribution in [1.82, 2.24) is 0 Å². The van der Waals surface area contributed by atoms with Gasteiger partial charge in [0.1, 0.15) is 16.4 Å². The Balaban J connectivity index is 1.90. The normalized spacial score (nSPS) is 15.6. The van der Waals surface area contributed by atoms with E-state index in [1.165, 1.54) is 6.07 Å². The molecule has 1 amide bonds. The first-order valence-corrected chi connectivity index (χ1v) is 10.3. The van der Waals surface area contributed by atoms with Gasteiger partial charge in [-0.05, 0) is 51.3 Å². The molecular weight excluding hydrogens is 461 g/mol. The molecule has 0 unspecified atom stereocenters. The van der Waals surface area contributed by atoms with Crippen LogP contribution in [0.2, 0.25) is 0 Å². The standard InChI is InChI=1S/C21H15BrFNO4S/c1-28-12-5-2-10(3-6-12)17-18-19(29-20(17)21(26)27)13(9-16(25)24-18)11-4-7-15(23)14(22)8-11/h2-8,13H,9H2,1H3,(H,24,25)(H,26,27)/t13-/m0/s1. The van der Waals surface area contributed by atoms with Gasteiger partial charge in [-0.3, -0.25) is 4.79 Å². The van der Waals surface area contributed by atoms with Crippen molar-refractivity contribution in [1.29, 1.82) is 0 Å². The summed E-state index contributed by atoms with van der Waals surface area (Å²) in [5, 5.41) is 12.6. The minimum atomic E-state index is -1.07. The number of rotatable bonds is 4. The quantitative estimate of drug-likeness (QED) is 0.522. The van der Waals surface area contributed by atoms with E-state index in [9.17, 15) is 19.1 Å². The fraction of sp³-hybridized carbons (Fsp3) is 0.143. The van der Waals surface area contributed by atoms with Gasteiger partial charge in [0, 0.05) is 22.8 Å². The van der Waals surface area contributed by atoms with Crippen LogP contribution in [0.5, 0.6) is 5.75 Å². The number of hydrogen-bond acceptors (Lipinski definition) is 4. The van der Waals surface area contributed by atoms with Crippen LogP contribution in [-0.2, 0) is 4.79 Å². The maximum atomic E-state index is 13.7. The molecule has 0 radical (unpaired) electrons. The highest BCUT2D eigenvalue weighted by molar-refractivity contribution is 9.10. The first-order chi connectivity index (χ1) is 13.9. The second-order valence-corrected chi connectivity index (χ2v) is 8.46. The van der Waals surface area contributed by atoms with E-state index in [1.54, 1.807) is 43.5 Å². The molecule has 0 spiro atoms. The Bertz CT molecular complexity index is 1130. The van der Waals surface area contributed by atoms with E-state index < -0.39 is 11.8 Å². The molecule has 2 heterocycles. The second-order valence-electron chi connectivity index (χ2n) is 6.56. The maximum absolute atomic E-state index is 13.7. The van der Waals surface area contributed by atoms with Gasteiger partial charge in [-0.2, -0.15) is 0 Å². The van der Waals surface area contributed by atoms with Crippen molar-refractivity contribution in [2.45, 2.75) is 12.3 Å². The lowest BCUT2D eigenvalue weighted by Crippen LogP contribution is -2.22. The number of carbonyl (C=O) groups excluding carboxylic acids is 1. The van der Waals surface area contributed by atoms with E-state index >= 15 is 0 Å². The van der Waals surface area contributed by atoms with Gasteiger partial charge in [-0.1, -0.05) is 18.2 Å². The van der Waals surface area contributed by atoms with Crippen LogP contribution in [0.15, 0.2) is 46.9 Å². The van der Waals surface area contributed by atoms with Crippen LogP contribution >= 0.6 is 27.3 Å². The molecular formula is C21H15BrFNO4S. The van der Waals surface area contributed by atoms with Crippen molar-refractivity contribution < 1.29 is 23.8 Å². The van der Waals surface area contributed by atoms with E-state index in [0.717, 1.165) is 21.8 Å². The molecule has 0 aliphatic carbocycles. The van der Waals surface area contributed by atoms with E-state index in [0.29, 0.717) is 27.0 Å². The molecule has 1 aromatic heterocycles. The van der Waals surface area contributed by atoms with Crippen LogP contribution in [-0.4, -0.2) is 24.1 Å². The van der Waals surface area contributed by atoms with Crippen LogP contribution in [0, 0.1) is 5.82 Å². The number of thiophene rings is 1. The summed E-state index contributed by atoms with van der Waals surface area (Å²) in [6, 6.07) is 11.6. The zero-order valence-electron chi connectivity index (χ0n) is 15.2. The molecule has 3 aromatic rings. The molecule has 4 rings (SSSR count). The Morgan fingerprint density at radius 2 is 2.00 bits per heavy atom. The molecule has 5 nitrogen and oxygen atoms in total. The van der Waals surface area contributed by atoms with Crippen LogP contribution in [0.3, 0.4) is 0 Å². The van der Waals surface area contributed by atoms with Gasteiger partial charge in [0.25, 0.3) is 0 Å². The zero-order valence-corrected chi connectivity index (χ0v) is 17.6. The summed E-state index contributed by atoms with van der Waals surface area (Å²) in [7, 11) is 1.55. The Morgan fingerprint density at radius 1 is 1.28 bits per heavy atom. The molecule has 29 heavy (non-hydrogen) atoms. The van der Waals surface area contributed by atoms with E-state index in [1.807, 2.05) is 0 Å². The molecule has 2 aromatic carbocycles. The number of methoxy groups -OCH3 is 1. The molecule has 1 aliphatic rings. The summed E-state index contributed by atoms with van der Waals surface area (Å²) in [5.74, 6) is -1.39. The van der Waals surface area contributed by atoms with Crippen molar-refractivity contribution in [3.63, 3.8) is 0 Å². The van der Waals surface area contributed by atoms with E-state index in [-0.39, 0.29) is 23.1 Å². The van der Waals surface area contributed by atoms with Gasteiger partial charge < -0.3 is 15.2 Å². The largest absolute Gasteiger partial charge is 0.497 e. The average Bonchev–Trinajstić information content (AvgIpc) is 3.09. The van der Waals surface area contributed by atoms with Gasteiger partial charge in [0.15, 0.2) is 0 Å². The number of hydrogen-bond donors (Lipinski definition) is 2. The predicted octanol–water partition coefficient (Wildman–Crippen LogP) is 5.50. The minimum Gasteiger partial charge on any atom is -0.497 e. The number of ether oxygens (including phenoxy) is 1. The van der Waals surface area contributed by atoms with E-state index in [4.69, 9.17) is 4.74 Å². The van der Waals surface area contributed by atoms with Crippen molar-refractivity contribution in [3.05, 3.63) is 68.1 Å². The highest BCUT2D eigenvalue weighted by Crippen LogP contribution is 2.49. The smallest absolute Gasteiger partial charge is 0.346 e. The molecule has 1 atom stereocenters. The highest BCUT2D eigenvalue weighted by atomic mass is 79.9. The highest BCUT2D eigenvalue weighted by Gasteiger charge is 2.34. The molecule has 0 saturated carbocycles. The Kier molecular flexibility index (Phi) is 5.14. The van der Waals surface area contributed by atoms with Crippen LogP contribution in [0.1, 0.15) is 32.5 Å². The third-order valence-corrected chi connectivity index (χ3v) is 6.72. The summed E-state index contributed by atoms with van der Waals surface area (Å²) in [5.41, 5.74) is 2.38. The number of benzene rings is 2. The third-order valence-electron chi connectivity index (χ3n) is 4.82. The van der Waals surface area contributed by atoms with Crippen molar-refractivity contribution >= 4 is 44.8 Å². The average molecular weight is 476 g/mol. The number of anilines is 1. The number of carboxylic acid groups (broad SMARTS) is 1. The number of aromatic carboxylic acids is 1. The van der Waals surface area contributed by atoms with E-state index in [2.05, 4.69) is 21.2 Å². The van der Waals surface area contributed by atoms with Crippen LogP contribution < -0.4 is 10.1 Å². The summed E-state index contributed by atoms with van der Waals surface area (Å²) in [6.07, 6.45) is 0.159. The summed E-state index contributed by atoms with van der Waals surface area (Å²) >= 11 is 4.32. The van der Waals surface area contributed by atoms with Crippen LogP contribution in [0.25, 0.3) is 11.1 Å². The molecule has 0 bridgehead atoms. The predicted molar refractivity (Wildman–Crippen MR) is 112 cm³/mol. The molecule has 148 valence electrons. The van der Waals surface area contributed by atoms with Gasteiger partial charge in [-0.25, -0.2) is 9.18 Å². The van der Waals surface area contributed by atoms with Gasteiger partial charge >= 0.3 is 5.97 Å². The summed E-state index contributed by atoms with van der Waals surface area (Å²) < 4.78 is 19.2. The minimum absolute atomic E-state index is 0.147. The lowest BCUT2D eigenvalue weighted by atomic mass is 9.88. The topological polar surface area (TPSA) is 75.6 Å². The fourth-order valence-electron chi connectivity index (χ4n) is 3.47. The summed E-state index contributed by atoms with van der Waals surface area (Å²) in [6.45, 7) is 0. The lowest BCUT2D eigenvalue weighted by Gasteiger charge is -2.24. The number of carboxylic acids is 1. The van der Waals surface area contributed by atoms with Gasteiger partial charge in [0.2, 0.25) is 5.91 Å². The lowest BCUT2D eigenvalue weighted by molar-refractivity contribution is -0.116. The number of halogens is 2. The maximum Gasteiger partial charge on any atom is 0.346 e. The van der Waals surface area contributed by atoms with Gasteiger partial charge in [-0.15, -0.1) is 11.3 Å². The zero-order chi connectivity index (χ0) is 20.7. The molecule has 1 aliphatic heterocycles. The molecule has 0 saturated heterocycles. The van der Waals surface area contributed by atoms with Gasteiger partial charge in [0.05, 0.1) is 17.3 Å². The van der Waals surface area contributed by atoms with Crippen molar-refractivity contribution in [2.75, 3.05) is 12.4 Å². The Morgan fingerprint density at radius 3 is 2.62 bits per heavy atom. The first-order valence-electron chi connectivity index (χ1n) is 8.68. The number of carbonyl (C=O) groups is 2. The Labute approximate surface area is 178 Å². The monoisotopic (exact) mass is 475 g/mol. The number of fused-ring (bicyclic) bond motifs is 1. The number of nitrogens with one attached hydrogen (secondary N) is 1. The molecule has 8 heteroatoms. The third kappa shape index (κ3) is 3.54. The number of amides is 1. The van der Waals surface area contributed by atoms with Crippen molar-refractivity contribution in [3.8, 4) is 16.9 Å².